The predicted octanol–water partition coefficient (Wildman–Crippen LogP) is 7.34. The molecule has 0 radical (unpaired) electrons. The predicted molar refractivity (Wildman–Crippen MR) is 165 cm³/mol. The van der Waals surface area contributed by atoms with Crippen LogP contribution in [0, 0.1) is 0 Å². The van der Waals surface area contributed by atoms with Gasteiger partial charge in [-0.15, -0.1) is 0 Å². The molecule has 1 atom stereocenters. The van der Waals surface area contributed by atoms with Gasteiger partial charge in [-0.05, 0) is 61.0 Å². The Labute approximate surface area is 275 Å². The van der Waals surface area contributed by atoms with Gasteiger partial charge in [0.25, 0.3) is 17.1 Å². The number of carbonyl (C=O) groups excluding carboxylic acids is 2. The third-order valence-corrected chi connectivity index (χ3v) is 10.5. The molecular formula is C29H30Cl3F5N4O3S. The lowest BCUT2D eigenvalue weighted by atomic mass is 9.97. The van der Waals surface area contributed by atoms with E-state index in [0.717, 1.165) is 12.1 Å². The van der Waals surface area contributed by atoms with Crippen LogP contribution in [0.5, 0.6) is 0 Å². The Kier molecular flexibility index (Phi) is 10.1. The van der Waals surface area contributed by atoms with Gasteiger partial charge in [-0.2, -0.15) is 13.2 Å². The van der Waals surface area contributed by atoms with E-state index in [0.29, 0.717) is 31.6 Å². The summed E-state index contributed by atoms with van der Waals surface area (Å²) in [5.74, 6) is -3.13. The molecule has 16 heteroatoms. The molecule has 2 N–H and O–H groups in total. The highest BCUT2D eigenvalue weighted by atomic mass is 35.5. The number of thioether (sulfide) groups is 1. The Hall–Kier alpha value is -2.03. The van der Waals surface area contributed by atoms with Crippen molar-refractivity contribution in [3.8, 4) is 0 Å². The number of anilines is 1. The summed E-state index contributed by atoms with van der Waals surface area (Å²) in [7, 11) is 0. The number of benzene rings is 2. The second-order valence-corrected chi connectivity index (χ2v) is 13.9. The van der Waals surface area contributed by atoms with Crippen molar-refractivity contribution in [3.63, 3.8) is 0 Å². The number of likely N-dealkylation sites (tertiary alicyclic amines) is 3. The molecule has 3 aliphatic rings. The van der Waals surface area contributed by atoms with E-state index in [1.807, 2.05) is 0 Å². The van der Waals surface area contributed by atoms with Gasteiger partial charge in [0.2, 0.25) is 4.93 Å². The minimum Gasteiger partial charge on any atom is -0.380 e. The number of halogens is 8. The van der Waals surface area contributed by atoms with Gasteiger partial charge in [-0.25, -0.2) is 8.78 Å². The van der Waals surface area contributed by atoms with Crippen LogP contribution in [0.25, 0.3) is 0 Å². The van der Waals surface area contributed by atoms with E-state index in [9.17, 15) is 36.6 Å². The normalized spacial score (nSPS) is 21.3. The van der Waals surface area contributed by atoms with Crippen LogP contribution < -0.4 is 5.32 Å². The highest BCUT2D eigenvalue weighted by Crippen LogP contribution is 2.51. The number of nitrogens with one attached hydrogen (secondary N) is 1. The minimum atomic E-state index is -5.20. The van der Waals surface area contributed by atoms with E-state index >= 15 is 0 Å². The largest absolute Gasteiger partial charge is 0.431 e. The molecule has 0 aromatic heterocycles. The molecule has 2 aromatic carbocycles. The van der Waals surface area contributed by atoms with Crippen molar-refractivity contribution in [2.24, 2.45) is 0 Å². The fraction of sp³-hybridized carbons (Fsp3) is 0.517. The zero-order valence-electron chi connectivity index (χ0n) is 23.7. The molecule has 0 saturated carbocycles. The van der Waals surface area contributed by atoms with Crippen LogP contribution in [-0.2, 0) is 4.93 Å². The molecule has 45 heavy (non-hydrogen) atoms. The molecule has 2 aromatic rings. The monoisotopic (exact) mass is 714 g/mol. The fourth-order valence-electron chi connectivity index (χ4n) is 5.75. The zero-order valence-corrected chi connectivity index (χ0v) is 26.8. The Morgan fingerprint density at radius 3 is 2.16 bits per heavy atom. The Morgan fingerprint density at radius 2 is 1.56 bits per heavy atom. The summed E-state index contributed by atoms with van der Waals surface area (Å²) < 4.78 is 69.0. The number of amides is 2. The number of hydrogen-bond donors (Lipinski definition) is 2. The first kappa shape index (κ1) is 34.3. The topological polar surface area (TPSA) is 76.1 Å². The number of nitrogens with zero attached hydrogens (tertiary/aromatic N) is 3. The molecule has 7 nitrogen and oxygen atoms in total. The van der Waals surface area contributed by atoms with E-state index in [1.54, 1.807) is 18.2 Å². The van der Waals surface area contributed by atoms with Gasteiger partial charge < -0.3 is 20.2 Å². The molecule has 0 bridgehead atoms. The summed E-state index contributed by atoms with van der Waals surface area (Å²) >= 11 is 17.9. The van der Waals surface area contributed by atoms with Gasteiger partial charge in [0, 0.05) is 79.4 Å². The standard InChI is InChI=1S/C29H30Cl3F5N4O3S/c30-17-1-4-23(31)22(13-17)28(44,29(35,36)37)45-26(43)40-9-5-20(6-10-40)41-15-19(16-41)38-18-2-3-21(24(32)14-18)25(42)39-11-7-27(33,34)8-12-39/h1-4,13-14,19-20,38,44H,5-12,15-16H2/t28-/m0/s1. The average molecular weight is 716 g/mol. The summed E-state index contributed by atoms with van der Waals surface area (Å²) in [5, 5.41) is 12.9. The van der Waals surface area contributed by atoms with Crippen LogP contribution >= 0.6 is 46.6 Å². The molecule has 5 rings (SSSR count). The minimum absolute atomic E-state index is 0.0281. The Morgan fingerprint density at radius 1 is 0.911 bits per heavy atom. The van der Waals surface area contributed by atoms with Crippen molar-refractivity contribution in [1.29, 1.82) is 0 Å². The highest BCUT2D eigenvalue weighted by molar-refractivity contribution is 8.14. The Balaban J connectivity index is 1.10. The first-order valence-electron chi connectivity index (χ1n) is 14.3. The quantitative estimate of drug-likeness (QED) is 0.241. The first-order valence-corrected chi connectivity index (χ1v) is 16.2. The fourth-order valence-corrected chi connectivity index (χ4v) is 7.45. The lowest BCUT2D eigenvalue weighted by Crippen LogP contribution is -2.60. The van der Waals surface area contributed by atoms with Gasteiger partial charge in [-0.3, -0.25) is 14.5 Å². The van der Waals surface area contributed by atoms with Crippen molar-refractivity contribution < 1.29 is 36.6 Å². The van der Waals surface area contributed by atoms with Crippen LogP contribution in [0.2, 0.25) is 15.1 Å². The second kappa shape index (κ2) is 13.2. The second-order valence-electron chi connectivity index (χ2n) is 11.5. The molecule has 3 fully saturated rings. The first-order chi connectivity index (χ1) is 21.1. The average Bonchev–Trinajstić information content (AvgIpc) is 2.95. The van der Waals surface area contributed by atoms with Crippen molar-refractivity contribution >= 4 is 63.4 Å². The van der Waals surface area contributed by atoms with Crippen molar-refractivity contribution in [2.75, 3.05) is 44.6 Å². The van der Waals surface area contributed by atoms with Crippen molar-refractivity contribution in [1.82, 2.24) is 14.7 Å². The van der Waals surface area contributed by atoms with Gasteiger partial charge in [-0.1, -0.05) is 34.8 Å². The van der Waals surface area contributed by atoms with Crippen LogP contribution in [0.1, 0.15) is 41.6 Å². The van der Waals surface area contributed by atoms with Gasteiger partial charge in [0.15, 0.2) is 0 Å². The van der Waals surface area contributed by atoms with E-state index in [4.69, 9.17) is 34.8 Å². The summed E-state index contributed by atoms with van der Waals surface area (Å²) in [6.07, 6.45) is -4.85. The van der Waals surface area contributed by atoms with E-state index in [1.165, 1.54) is 15.9 Å². The molecule has 0 unspecified atom stereocenters. The maximum absolute atomic E-state index is 14.0. The zero-order chi connectivity index (χ0) is 32.7. The Bertz CT molecular complexity index is 1430. The number of rotatable bonds is 6. The van der Waals surface area contributed by atoms with Gasteiger partial charge in [0.05, 0.1) is 16.6 Å². The number of hydrogen-bond acceptors (Lipinski definition) is 6. The summed E-state index contributed by atoms with van der Waals surface area (Å²) in [6, 6.07) is 8.49. The highest BCUT2D eigenvalue weighted by Gasteiger charge is 2.59. The number of aliphatic hydroxyl groups is 1. The van der Waals surface area contributed by atoms with E-state index in [-0.39, 0.29) is 89.4 Å². The van der Waals surface area contributed by atoms with Gasteiger partial charge in [0.1, 0.15) is 0 Å². The number of alkyl halides is 5. The molecule has 3 saturated heterocycles. The third-order valence-electron chi connectivity index (χ3n) is 8.41. The molecule has 0 aliphatic carbocycles. The number of carbonyl (C=O) groups is 2. The lowest BCUT2D eigenvalue weighted by molar-refractivity contribution is -0.224. The molecule has 0 spiro atoms. The molecular weight excluding hydrogens is 686 g/mol. The lowest BCUT2D eigenvalue weighted by Gasteiger charge is -2.47. The summed E-state index contributed by atoms with van der Waals surface area (Å²) in [4.78, 5) is 27.0. The SMILES string of the molecule is O=C(S[C@@](O)(c1cc(Cl)ccc1Cl)C(F)(F)F)N1CCC(N2CC(Nc3ccc(C(=O)N4CCC(F)(F)CC4)c(Cl)c3)C2)CC1. The van der Waals surface area contributed by atoms with Gasteiger partial charge >= 0.3 is 6.18 Å². The van der Waals surface area contributed by atoms with E-state index < -0.39 is 27.8 Å². The number of piperidine rings is 2. The molecule has 3 aliphatic heterocycles. The molecule has 246 valence electrons. The van der Waals surface area contributed by atoms with Crippen LogP contribution in [-0.4, -0.2) is 94.4 Å². The third kappa shape index (κ3) is 7.59. The maximum Gasteiger partial charge on any atom is 0.431 e. The van der Waals surface area contributed by atoms with Crippen molar-refractivity contribution in [2.45, 2.75) is 54.8 Å². The summed E-state index contributed by atoms with van der Waals surface area (Å²) in [5.41, 5.74) is 0.264. The van der Waals surface area contributed by atoms with Crippen LogP contribution in [0.15, 0.2) is 36.4 Å². The van der Waals surface area contributed by atoms with Crippen LogP contribution in [0.3, 0.4) is 0 Å². The maximum atomic E-state index is 14.0. The molecule has 2 amide bonds. The van der Waals surface area contributed by atoms with Crippen molar-refractivity contribution in [3.05, 3.63) is 62.6 Å². The summed E-state index contributed by atoms with van der Waals surface area (Å²) in [6.45, 7) is 1.77. The molecule has 3 heterocycles. The smallest absolute Gasteiger partial charge is 0.380 e. The van der Waals surface area contributed by atoms with E-state index in [2.05, 4.69) is 10.2 Å². The van der Waals surface area contributed by atoms with Crippen LogP contribution in [0.4, 0.5) is 32.4 Å².